The fourth-order valence-corrected chi connectivity index (χ4v) is 3.65. The Morgan fingerprint density at radius 3 is 2.58 bits per heavy atom. The fourth-order valence-electron chi connectivity index (χ4n) is 1.88. The molecule has 1 N–H and O–H groups in total. The van der Waals surface area contributed by atoms with Gasteiger partial charge in [-0.15, -0.1) is 11.3 Å². The van der Waals surface area contributed by atoms with E-state index in [1.54, 1.807) is 6.07 Å². The van der Waals surface area contributed by atoms with Crippen LogP contribution in [0.15, 0.2) is 24.3 Å². The minimum atomic E-state index is -0.302. The Hall–Kier alpha value is -0.320. The van der Waals surface area contributed by atoms with E-state index < -0.39 is 0 Å². The van der Waals surface area contributed by atoms with Gasteiger partial charge >= 0.3 is 0 Å². The molecule has 0 aliphatic heterocycles. The number of thiophene rings is 1. The summed E-state index contributed by atoms with van der Waals surface area (Å²) in [6.45, 7) is 0. The summed E-state index contributed by atoms with van der Waals surface area (Å²) in [6.07, 6.45) is 0.542. The molecule has 1 aromatic heterocycles. The average molecular weight is 339 g/mol. The number of likely N-dealkylation sites (N-methyl/N-ethyl adjacent to an activating group) is 1. The molecule has 0 bridgehead atoms. The van der Waals surface area contributed by atoms with Crippen LogP contribution in [0.1, 0.15) is 17.2 Å². The van der Waals surface area contributed by atoms with Crippen molar-refractivity contribution in [2.45, 2.75) is 12.5 Å². The molecule has 1 nitrogen and oxygen atoms in total. The molecule has 0 saturated carbocycles. The first-order valence-corrected chi connectivity index (χ1v) is 7.52. The molecule has 1 atom stereocenters. The Labute approximate surface area is 130 Å². The van der Waals surface area contributed by atoms with Crippen LogP contribution in [0.25, 0.3) is 0 Å². The molecule has 0 amide bonds. The minimum absolute atomic E-state index is 0.0597. The number of benzene rings is 1. The number of hydrogen-bond acceptors (Lipinski definition) is 2. The van der Waals surface area contributed by atoms with Crippen LogP contribution in [0.5, 0.6) is 0 Å². The van der Waals surface area contributed by atoms with E-state index >= 15 is 0 Å². The molecule has 2 rings (SSSR count). The highest BCUT2D eigenvalue weighted by molar-refractivity contribution is 7.20. The highest BCUT2D eigenvalue weighted by Crippen LogP contribution is 2.36. The second-order valence-electron chi connectivity index (χ2n) is 4.06. The van der Waals surface area contributed by atoms with Crippen molar-refractivity contribution in [2.75, 3.05) is 7.05 Å². The van der Waals surface area contributed by atoms with Gasteiger partial charge in [-0.1, -0.05) is 34.8 Å². The van der Waals surface area contributed by atoms with E-state index in [0.29, 0.717) is 20.1 Å². The molecule has 0 saturated heterocycles. The van der Waals surface area contributed by atoms with Gasteiger partial charge in [-0.3, -0.25) is 0 Å². The molecule has 1 unspecified atom stereocenters. The van der Waals surface area contributed by atoms with E-state index in [0.717, 1.165) is 11.1 Å². The van der Waals surface area contributed by atoms with Crippen molar-refractivity contribution in [3.63, 3.8) is 0 Å². The Morgan fingerprint density at radius 2 is 2.00 bits per heavy atom. The average Bonchev–Trinajstić information content (AvgIpc) is 2.69. The molecule has 0 aliphatic carbocycles. The molecule has 6 heteroatoms. The topological polar surface area (TPSA) is 12.0 Å². The SMILES string of the molecule is CNC(Cc1cc(F)ccc1Cl)c1cc(Cl)sc1Cl. The van der Waals surface area contributed by atoms with Gasteiger partial charge in [-0.05, 0) is 43.3 Å². The molecule has 1 aromatic carbocycles. The number of hydrogen-bond donors (Lipinski definition) is 1. The third-order valence-corrected chi connectivity index (χ3v) is 4.73. The molecule has 2 aromatic rings. The van der Waals surface area contributed by atoms with Crippen molar-refractivity contribution in [1.29, 1.82) is 0 Å². The Bertz CT molecular complexity index is 585. The Balaban J connectivity index is 2.29. The smallest absolute Gasteiger partial charge is 0.123 e. The largest absolute Gasteiger partial charge is 0.313 e. The zero-order valence-corrected chi connectivity index (χ0v) is 13.1. The maximum absolute atomic E-state index is 13.3. The fraction of sp³-hybridized carbons (Fsp3) is 0.231. The summed E-state index contributed by atoms with van der Waals surface area (Å²) in [5.74, 6) is -0.302. The second-order valence-corrected chi connectivity index (χ2v) is 6.75. The molecule has 102 valence electrons. The van der Waals surface area contributed by atoms with Crippen LogP contribution in [0.4, 0.5) is 4.39 Å². The third kappa shape index (κ3) is 3.61. The van der Waals surface area contributed by atoms with Gasteiger partial charge < -0.3 is 5.32 Å². The molecule has 19 heavy (non-hydrogen) atoms. The summed E-state index contributed by atoms with van der Waals surface area (Å²) in [5.41, 5.74) is 1.64. The molecule has 0 spiro atoms. The van der Waals surface area contributed by atoms with Crippen molar-refractivity contribution in [1.82, 2.24) is 5.32 Å². The van der Waals surface area contributed by atoms with Crippen molar-refractivity contribution < 1.29 is 4.39 Å². The lowest BCUT2D eigenvalue weighted by Gasteiger charge is -2.16. The first-order valence-electron chi connectivity index (χ1n) is 5.57. The molecule has 0 radical (unpaired) electrons. The molecule has 0 fully saturated rings. The summed E-state index contributed by atoms with van der Waals surface area (Å²) >= 11 is 19.5. The van der Waals surface area contributed by atoms with E-state index in [2.05, 4.69) is 5.32 Å². The normalized spacial score (nSPS) is 12.7. The van der Waals surface area contributed by atoms with Gasteiger partial charge in [0.2, 0.25) is 0 Å². The van der Waals surface area contributed by atoms with Crippen molar-refractivity contribution >= 4 is 46.1 Å². The predicted octanol–water partition coefficient (Wildman–Crippen LogP) is 5.35. The van der Waals surface area contributed by atoms with Gasteiger partial charge in [0, 0.05) is 16.6 Å². The summed E-state index contributed by atoms with van der Waals surface area (Å²) < 4.78 is 14.5. The second kappa shape index (κ2) is 6.42. The molecule has 1 heterocycles. The van der Waals surface area contributed by atoms with Gasteiger partial charge in [0.1, 0.15) is 5.82 Å². The lowest BCUT2D eigenvalue weighted by molar-refractivity contribution is 0.586. The summed E-state index contributed by atoms with van der Waals surface area (Å²) in [4.78, 5) is 0. The van der Waals surface area contributed by atoms with Gasteiger partial charge in [-0.25, -0.2) is 4.39 Å². The molecule has 0 aliphatic rings. The van der Waals surface area contributed by atoms with E-state index in [1.165, 1.54) is 23.5 Å². The molecular formula is C13H11Cl3FNS. The highest BCUT2D eigenvalue weighted by atomic mass is 35.5. The van der Waals surface area contributed by atoms with Crippen molar-refractivity contribution in [3.8, 4) is 0 Å². The predicted molar refractivity (Wildman–Crippen MR) is 81.3 cm³/mol. The van der Waals surface area contributed by atoms with E-state index in [-0.39, 0.29) is 11.9 Å². The van der Waals surface area contributed by atoms with Crippen LogP contribution in [0, 0.1) is 5.82 Å². The standard InChI is InChI=1S/C13H11Cl3FNS/c1-18-11(9-6-12(15)19-13(9)16)5-7-4-8(17)2-3-10(7)14/h2-4,6,11,18H,5H2,1H3. The zero-order chi connectivity index (χ0) is 14.0. The van der Waals surface area contributed by atoms with Crippen LogP contribution in [0.3, 0.4) is 0 Å². The number of rotatable bonds is 4. The van der Waals surface area contributed by atoms with Crippen LogP contribution in [-0.4, -0.2) is 7.05 Å². The number of halogens is 4. The first kappa shape index (κ1) is 15.1. The van der Waals surface area contributed by atoms with E-state index in [1.807, 2.05) is 13.1 Å². The minimum Gasteiger partial charge on any atom is -0.313 e. The first-order chi connectivity index (χ1) is 9.01. The van der Waals surface area contributed by atoms with Gasteiger partial charge in [0.05, 0.1) is 8.67 Å². The number of nitrogens with one attached hydrogen (secondary N) is 1. The monoisotopic (exact) mass is 337 g/mol. The van der Waals surface area contributed by atoms with Crippen LogP contribution >= 0.6 is 46.1 Å². The van der Waals surface area contributed by atoms with E-state index in [4.69, 9.17) is 34.8 Å². The maximum atomic E-state index is 13.3. The zero-order valence-electron chi connectivity index (χ0n) is 10.0. The van der Waals surface area contributed by atoms with E-state index in [9.17, 15) is 4.39 Å². The van der Waals surface area contributed by atoms with Gasteiger partial charge in [-0.2, -0.15) is 0 Å². The van der Waals surface area contributed by atoms with Crippen LogP contribution in [0.2, 0.25) is 13.7 Å². The van der Waals surface area contributed by atoms with Crippen molar-refractivity contribution in [3.05, 3.63) is 54.9 Å². The Kier molecular flexibility index (Phi) is 5.09. The van der Waals surface area contributed by atoms with Crippen LogP contribution in [-0.2, 0) is 6.42 Å². The van der Waals surface area contributed by atoms with Gasteiger partial charge in [0.25, 0.3) is 0 Å². The summed E-state index contributed by atoms with van der Waals surface area (Å²) in [6, 6.07) is 6.10. The van der Waals surface area contributed by atoms with Gasteiger partial charge in [0.15, 0.2) is 0 Å². The third-order valence-electron chi connectivity index (χ3n) is 2.84. The maximum Gasteiger partial charge on any atom is 0.123 e. The quantitative estimate of drug-likeness (QED) is 0.792. The lowest BCUT2D eigenvalue weighted by atomic mass is 10.0. The molecular weight excluding hydrogens is 328 g/mol. The summed E-state index contributed by atoms with van der Waals surface area (Å²) in [7, 11) is 1.82. The summed E-state index contributed by atoms with van der Waals surface area (Å²) in [5, 5.41) is 3.69. The lowest BCUT2D eigenvalue weighted by Crippen LogP contribution is -2.18. The van der Waals surface area contributed by atoms with Crippen LogP contribution < -0.4 is 5.32 Å². The Morgan fingerprint density at radius 1 is 1.26 bits per heavy atom. The highest BCUT2D eigenvalue weighted by Gasteiger charge is 2.18. The van der Waals surface area contributed by atoms with Crippen molar-refractivity contribution in [2.24, 2.45) is 0 Å².